The van der Waals surface area contributed by atoms with E-state index in [1.54, 1.807) is 64.1 Å². The van der Waals surface area contributed by atoms with Crippen molar-refractivity contribution in [2.75, 3.05) is 17.2 Å². The molecule has 0 spiro atoms. The molecule has 204 valence electrons. The van der Waals surface area contributed by atoms with Crippen LogP contribution in [0.3, 0.4) is 0 Å². The number of hydrogen-bond acceptors (Lipinski definition) is 4. The highest BCUT2D eigenvalue weighted by Crippen LogP contribution is 2.44. The third-order valence-corrected chi connectivity index (χ3v) is 6.92. The molecule has 39 heavy (non-hydrogen) atoms. The fraction of sp³-hybridized carbons (Fsp3) is 0.300. The fourth-order valence-electron chi connectivity index (χ4n) is 5.17. The molecular weight excluding hydrogens is 501 g/mol. The molecule has 0 aliphatic heterocycles. The topological polar surface area (TPSA) is 105 Å². The Morgan fingerprint density at radius 2 is 1.64 bits per heavy atom. The predicted molar refractivity (Wildman–Crippen MR) is 149 cm³/mol. The van der Waals surface area contributed by atoms with E-state index in [-0.39, 0.29) is 23.0 Å². The van der Waals surface area contributed by atoms with Crippen molar-refractivity contribution in [3.8, 4) is 0 Å². The highest BCUT2D eigenvalue weighted by molar-refractivity contribution is 6.07. The molecule has 0 radical (unpaired) electrons. The van der Waals surface area contributed by atoms with Crippen molar-refractivity contribution < 1.29 is 28.6 Å². The Kier molecular flexibility index (Phi) is 7.74. The summed E-state index contributed by atoms with van der Waals surface area (Å²) in [6, 6.07) is 17.3. The molecular formula is C30H33FN3O5+. The van der Waals surface area contributed by atoms with Gasteiger partial charge in [-0.05, 0) is 76.1 Å². The Hall–Kier alpha value is -4.24. The van der Waals surface area contributed by atoms with Crippen LogP contribution in [0.25, 0.3) is 0 Å². The lowest BCUT2D eigenvalue weighted by Gasteiger charge is -2.37. The van der Waals surface area contributed by atoms with E-state index >= 15 is 0 Å². The summed E-state index contributed by atoms with van der Waals surface area (Å²) < 4.78 is 18.6. The summed E-state index contributed by atoms with van der Waals surface area (Å²) in [5, 5.41) is 15.9. The van der Waals surface area contributed by atoms with Crippen LogP contribution >= 0.6 is 0 Å². The summed E-state index contributed by atoms with van der Waals surface area (Å²) >= 11 is 0. The number of benzene rings is 3. The average molecular weight is 535 g/mol. The molecule has 1 aliphatic rings. The Labute approximate surface area is 227 Å². The van der Waals surface area contributed by atoms with Crippen LogP contribution in [0.4, 0.5) is 31.0 Å². The highest BCUT2D eigenvalue weighted by Gasteiger charge is 2.49. The molecule has 3 aromatic rings. The molecule has 2 atom stereocenters. The predicted octanol–water partition coefficient (Wildman–Crippen LogP) is 7.12. The summed E-state index contributed by atoms with van der Waals surface area (Å²) in [7, 11) is 0. The van der Waals surface area contributed by atoms with E-state index < -0.39 is 23.6 Å². The Bertz CT molecular complexity index is 1400. The highest BCUT2D eigenvalue weighted by atomic mass is 19.1. The van der Waals surface area contributed by atoms with Gasteiger partial charge in [0.25, 0.3) is 5.91 Å². The maximum Gasteiger partial charge on any atom is 0.519 e. The molecule has 0 fully saturated rings. The molecule has 3 amide bonds. The Morgan fingerprint density at radius 1 is 1.00 bits per heavy atom. The molecule has 2 unspecified atom stereocenters. The zero-order valence-electron chi connectivity index (χ0n) is 22.5. The number of fused-ring (bicyclic) bond motifs is 1. The second-order valence-electron chi connectivity index (χ2n) is 10.5. The van der Waals surface area contributed by atoms with Crippen molar-refractivity contribution in [3.63, 3.8) is 0 Å². The molecule has 3 N–H and O–H groups in total. The number of carbonyl (C=O) groups excluding carboxylic acids is 2. The van der Waals surface area contributed by atoms with Crippen molar-refractivity contribution in [3.05, 3.63) is 89.2 Å². The minimum absolute atomic E-state index is 0.273. The van der Waals surface area contributed by atoms with Gasteiger partial charge >= 0.3 is 12.2 Å². The number of carboxylic acid groups (broad SMARTS) is 1. The van der Waals surface area contributed by atoms with Crippen molar-refractivity contribution in [2.45, 2.75) is 52.2 Å². The summed E-state index contributed by atoms with van der Waals surface area (Å²) in [4.78, 5) is 38.1. The lowest BCUT2D eigenvalue weighted by Crippen LogP contribution is -2.55. The van der Waals surface area contributed by atoms with Gasteiger partial charge in [0.15, 0.2) is 0 Å². The molecule has 8 nitrogen and oxygen atoms in total. The number of rotatable bonds is 6. The van der Waals surface area contributed by atoms with Gasteiger partial charge in [-0.15, -0.1) is 0 Å². The van der Waals surface area contributed by atoms with E-state index in [0.29, 0.717) is 35.5 Å². The average Bonchev–Trinajstić information content (AvgIpc) is 3.29. The monoisotopic (exact) mass is 534 g/mol. The van der Waals surface area contributed by atoms with Crippen LogP contribution in [0.2, 0.25) is 0 Å². The Morgan fingerprint density at radius 3 is 2.23 bits per heavy atom. The zero-order valence-corrected chi connectivity index (χ0v) is 22.5. The molecule has 3 aromatic carbocycles. The number of nitrogens with zero attached hydrogens (tertiary/aromatic N) is 1. The van der Waals surface area contributed by atoms with E-state index in [4.69, 9.17) is 4.74 Å². The van der Waals surface area contributed by atoms with Gasteiger partial charge in [0, 0.05) is 29.7 Å². The number of aryl methyl sites for hydroxylation is 1. The molecule has 0 saturated heterocycles. The maximum absolute atomic E-state index is 13.6. The van der Waals surface area contributed by atoms with Crippen LogP contribution in [0.5, 0.6) is 0 Å². The van der Waals surface area contributed by atoms with Gasteiger partial charge in [-0.2, -0.15) is 9.28 Å². The molecule has 0 heterocycles. The first-order chi connectivity index (χ1) is 18.4. The van der Waals surface area contributed by atoms with Crippen LogP contribution in [-0.2, 0) is 11.2 Å². The first kappa shape index (κ1) is 27.8. The van der Waals surface area contributed by atoms with E-state index in [2.05, 4.69) is 10.6 Å². The number of hydrogen-bond donors (Lipinski definition) is 3. The number of carbonyl (C=O) groups is 3. The van der Waals surface area contributed by atoms with Gasteiger partial charge in [-0.25, -0.2) is 9.18 Å². The lowest BCUT2D eigenvalue weighted by molar-refractivity contribution is 0.0635. The van der Waals surface area contributed by atoms with Crippen LogP contribution in [0.15, 0.2) is 66.7 Å². The van der Waals surface area contributed by atoms with Gasteiger partial charge < -0.3 is 15.2 Å². The number of amides is 3. The first-order valence-electron chi connectivity index (χ1n) is 12.8. The number of nitrogens with one attached hydrogen (secondary N) is 2. The van der Waals surface area contributed by atoms with E-state index in [1.165, 1.54) is 24.3 Å². The number of quaternary nitrogens is 1. The van der Waals surface area contributed by atoms with Crippen LogP contribution in [-0.4, -0.2) is 35.3 Å². The maximum atomic E-state index is 13.6. The minimum atomic E-state index is -1.02. The van der Waals surface area contributed by atoms with Crippen LogP contribution in [0.1, 0.15) is 61.6 Å². The van der Waals surface area contributed by atoms with Gasteiger partial charge in [-0.3, -0.25) is 10.1 Å². The second-order valence-corrected chi connectivity index (χ2v) is 10.5. The van der Waals surface area contributed by atoms with Gasteiger partial charge in [0.05, 0.1) is 17.9 Å². The molecule has 1 aliphatic carbocycles. The minimum Gasteiger partial charge on any atom is -0.444 e. The van der Waals surface area contributed by atoms with E-state index in [0.717, 1.165) is 11.1 Å². The smallest absolute Gasteiger partial charge is 0.444 e. The quantitative estimate of drug-likeness (QED) is 0.292. The van der Waals surface area contributed by atoms with Gasteiger partial charge in [-0.1, -0.05) is 18.2 Å². The summed E-state index contributed by atoms with van der Waals surface area (Å²) in [5.41, 5.74) is 2.80. The fourth-order valence-corrected chi connectivity index (χ4v) is 5.17. The lowest BCUT2D eigenvalue weighted by atomic mass is 10.0. The molecule has 4 rings (SSSR count). The third-order valence-electron chi connectivity index (χ3n) is 6.92. The number of anilines is 2. The van der Waals surface area contributed by atoms with Crippen LogP contribution < -0.4 is 15.1 Å². The van der Waals surface area contributed by atoms with E-state index in [9.17, 15) is 23.9 Å². The van der Waals surface area contributed by atoms with Crippen molar-refractivity contribution in [2.24, 2.45) is 0 Å². The third kappa shape index (κ3) is 5.78. The largest absolute Gasteiger partial charge is 0.519 e. The first-order valence-corrected chi connectivity index (χ1v) is 12.8. The van der Waals surface area contributed by atoms with E-state index in [1.807, 2.05) is 6.07 Å². The summed E-state index contributed by atoms with van der Waals surface area (Å²) in [5.74, 6) is -0.795. The standard InChI is InChI=1S/C30H32FN3O5/c1-5-34(29(37)38,22-14-12-21(31)13-15-22)26-17-11-19-18-20(10-16-23(19)26)27(35)32-24-8-6-7-9-25(24)33-28(36)39-30(2,3)4/h6-10,12-16,18,26H,5,11,17H2,1-4H3,(H2-,32,33,35,36,37,38)/p+1. The van der Waals surface area contributed by atoms with Crippen molar-refractivity contribution >= 4 is 35.2 Å². The van der Waals surface area contributed by atoms with Crippen molar-refractivity contribution in [1.82, 2.24) is 4.48 Å². The van der Waals surface area contributed by atoms with Crippen molar-refractivity contribution in [1.29, 1.82) is 0 Å². The SMILES string of the molecule is CC[N+](C(=O)O)(c1ccc(F)cc1)C1CCc2cc(C(=O)Nc3ccccc3NC(=O)OC(C)(C)C)ccc21. The number of para-hydroxylation sites is 2. The molecule has 9 heteroatoms. The Balaban J connectivity index is 1.58. The second kappa shape index (κ2) is 10.9. The summed E-state index contributed by atoms with van der Waals surface area (Å²) in [6.07, 6.45) is -0.477. The normalized spacial score (nSPS) is 16.1. The van der Waals surface area contributed by atoms with Crippen LogP contribution in [0, 0.1) is 5.82 Å². The number of ether oxygens (including phenoxy) is 1. The van der Waals surface area contributed by atoms with Gasteiger partial charge in [0.1, 0.15) is 23.1 Å². The molecule has 0 aromatic heterocycles. The summed E-state index contributed by atoms with van der Waals surface area (Å²) in [6.45, 7) is 7.36. The zero-order chi connectivity index (χ0) is 28.4. The molecule has 0 saturated carbocycles. The number of halogens is 1. The van der Waals surface area contributed by atoms with Gasteiger partial charge in [0.2, 0.25) is 0 Å². The molecule has 0 bridgehead atoms.